The minimum atomic E-state index is -3.50. The molecular weight excluding hydrogens is 402 g/mol. The molecule has 0 unspecified atom stereocenters. The van der Waals surface area contributed by atoms with Crippen LogP contribution in [-0.4, -0.2) is 25.6 Å². The number of fused-ring (bicyclic) bond motifs is 3. The van der Waals surface area contributed by atoms with Crippen molar-refractivity contribution in [3.8, 4) is 5.88 Å². The van der Waals surface area contributed by atoms with E-state index in [4.69, 9.17) is 9.88 Å². The lowest BCUT2D eigenvalue weighted by molar-refractivity contribution is 0.0499. The van der Waals surface area contributed by atoms with Crippen LogP contribution in [0.25, 0.3) is 0 Å². The number of amides is 2. The van der Waals surface area contributed by atoms with Gasteiger partial charge in [-0.25, -0.2) is 18.8 Å². The third-order valence-electron chi connectivity index (χ3n) is 6.30. The van der Waals surface area contributed by atoms with Crippen molar-refractivity contribution in [1.29, 1.82) is 0 Å². The monoisotopic (exact) mass is 429 g/mol. The molecule has 2 amide bonds. The molecule has 1 aromatic heterocycles. The molecule has 8 nitrogen and oxygen atoms in total. The van der Waals surface area contributed by atoms with Crippen LogP contribution in [0.5, 0.6) is 5.88 Å². The second kappa shape index (κ2) is 6.81. The van der Waals surface area contributed by atoms with Gasteiger partial charge in [0.2, 0.25) is 5.88 Å². The van der Waals surface area contributed by atoms with Gasteiger partial charge in [0.25, 0.3) is 0 Å². The first-order chi connectivity index (χ1) is 14.2. The van der Waals surface area contributed by atoms with Crippen molar-refractivity contribution in [1.82, 2.24) is 9.78 Å². The van der Waals surface area contributed by atoms with E-state index in [0.29, 0.717) is 12.4 Å². The van der Waals surface area contributed by atoms with Gasteiger partial charge in [0.05, 0.1) is 6.20 Å². The highest BCUT2D eigenvalue weighted by atomic mass is 32.2. The smallest absolute Gasteiger partial charge is 0.354 e. The fourth-order valence-corrected chi connectivity index (χ4v) is 5.76. The molecule has 1 aliphatic heterocycles. The zero-order valence-electron chi connectivity index (χ0n) is 17.4. The summed E-state index contributed by atoms with van der Waals surface area (Å²) in [6.45, 7) is 4.53. The maximum atomic E-state index is 13.2. The number of carbonyl (C=O) groups is 1. The molecule has 1 atom stereocenters. The van der Waals surface area contributed by atoms with Gasteiger partial charge >= 0.3 is 6.03 Å². The van der Waals surface area contributed by atoms with Crippen LogP contribution in [0.1, 0.15) is 55.4 Å². The Kier molecular flexibility index (Phi) is 4.44. The number of nitrogens with zero attached hydrogens (tertiary/aromatic N) is 3. The Morgan fingerprint density at radius 1 is 1.23 bits per heavy atom. The zero-order valence-corrected chi connectivity index (χ0v) is 18.2. The summed E-state index contributed by atoms with van der Waals surface area (Å²) < 4.78 is 24.7. The average molecular weight is 430 g/mol. The number of benzene rings is 1. The van der Waals surface area contributed by atoms with Gasteiger partial charge in [0.15, 0.2) is 9.92 Å². The zero-order chi connectivity index (χ0) is 21.1. The molecule has 0 spiro atoms. The van der Waals surface area contributed by atoms with E-state index in [1.54, 1.807) is 4.68 Å². The van der Waals surface area contributed by atoms with Crippen molar-refractivity contribution in [3.05, 3.63) is 34.5 Å². The van der Waals surface area contributed by atoms with Crippen LogP contribution in [0.4, 0.5) is 10.5 Å². The van der Waals surface area contributed by atoms with Gasteiger partial charge in [-0.15, -0.1) is 4.36 Å². The number of hydrogen-bond donors (Lipinski definition) is 2. The van der Waals surface area contributed by atoms with Gasteiger partial charge in [0.1, 0.15) is 10.5 Å². The summed E-state index contributed by atoms with van der Waals surface area (Å²) in [6.07, 6.45) is 8.29. The lowest BCUT2D eigenvalue weighted by Crippen LogP contribution is -2.35. The van der Waals surface area contributed by atoms with Crippen LogP contribution in [0.2, 0.25) is 0 Å². The highest BCUT2D eigenvalue weighted by molar-refractivity contribution is 7.91. The van der Waals surface area contributed by atoms with Crippen LogP contribution < -0.4 is 15.2 Å². The predicted molar refractivity (Wildman–Crippen MR) is 114 cm³/mol. The van der Waals surface area contributed by atoms with Crippen molar-refractivity contribution in [2.24, 2.45) is 9.50 Å². The molecule has 2 aliphatic carbocycles. The number of aromatic nitrogens is 2. The predicted octanol–water partition coefficient (Wildman–Crippen LogP) is 3.35. The quantitative estimate of drug-likeness (QED) is 0.762. The molecule has 2 heterocycles. The van der Waals surface area contributed by atoms with Crippen molar-refractivity contribution in [2.45, 2.75) is 75.8 Å². The number of rotatable bonds is 2. The topological polar surface area (TPSA) is 112 Å². The van der Waals surface area contributed by atoms with E-state index < -0.39 is 21.5 Å². The minimum absolute atomic E-state index is 0.161. The Labute approximate surface area is 176 Å². The lowest BCUT2D eigenvalue weighted by Gasteiger charge is -2.31. The van der Waals surface area contributed by atoms with Crippen molar-refractivity contribution in [3.63, 3.8) is 0 Å². The minimum Gasteiger partial charge on any atom is -0.471 e. The molecule has 5 rings (SSSR count). The molecule has 160 valence electrons. The first kappa shape index (κ1) is 19.6. The molecule has 0 bridgehead atoms. The highest BCUT2D eigenvalue weighted by Gasteiger charge is 2.32. The number of urea groups is 1. The maximum Gasteiger partial charge on any atom is 0.354 e. The van der Waals surface area contributed by atoms with E-state index in [0.717, 1.165) is 50.6 Å². The molecule has 30 heavy (non-hydrogen) atoms. The summed E-state index contributed by atoms with van der Waals surface area (Å²) in [5.41, 5.74) is 5.43. The Bertz CT molecular complexity index is 1140. The molecule has 9 heteroatoms. The highest BCUT2D eigenvalue weighted by Crippen LogP contribution is 2.39. The van der Waals surface area contributed by atoms with Crippen LogP contribution in [0.3, 0.4) is 0 Å². The molecule has 2 aromatic rings. The fraction of sp³-hybridized carbons (Fsp3) is 0.524. The van der Waals surface area contributed by atoms with E-state index in [1.165, 1.54) is 28.5 Å². The number of ether oxygens (including phenoxy) is 1. The van der Waals surface area contributed by atoms with E-state index in [9.17, 15) is 9.00 Å². The Morgan fingerprint density at radius 2 is 1.90 bits per heavy atom. The summed E-state index contributed by atoms with van der Waals surface area (Å²) in [6, 6.07) is 1.61. The molecule has 1 aromatic carbocycles. The first-order valence-electron chi connectivity index (χ1n) is 10.5. The maximum absolute atomic E-state index is 13.2. The van der Waals surface area contributed by atoms with Gasteiger partial charge in [-0.05, 0) is 74.6 Å². The average Bonchev–Trinajstić information content (AvgIpc) is 3.38. The fourth-order valence-electron chi connectivity index (χ4n) is 4.78. The SMILES string of the molecule is CC1(C)CCn2ncc([S@@](N)(=O)=NC(=O)Nc3c4c(cc5c3CCC5)CCC4)c2O1. The van der Waals surface area contributed by atoms with E-state index >= 15 is 0 Å². The van der Waals surface area contributed by atoms with E-state index in [2.05, 4.69) is 20.8 Å². The summed E-state index contributed by atoms with van der Waals surface area (Å²) in [4.78, 5) is 13.0. The summed E-state index contributed by atoms with van der Waals surface area (Å²) in [5.74, 6) is 0.330. The van der Waals surface area contributed by atoms with Crippen molar-refractivity contribution >= 4 is 21.6 Å². The second-order valence-corrected chi connectivity index (χ2v) is 10.7. The molecule has 0 radical (unpaired) electrons. The van der Waals surface area contributed by atoms with Crippen molar-refractivity contribution in [2.75, 3.05) is 5.32 Å². The molecular formula is C21H27N5O3S. The van der Waals surface area contributed by atoms with Crippen LogP contribution in [0.15, 0.2) is 21.5 Å². The number of hydrogen-bond acceptors (Lipinski definition) is 4. The molecule has 3 N–H and O–H groups in total. The molecule has 0 saturated heterocycles. The van der Waals surface area contributed by atoms with E-state index in [1.807, 2.05) is 13.8 Å². The van der Waals surface area contributed by atoms with Gasteiger partial charge in [0, 0.05) is 18.7 Å². The van der Waals surface area contributed by atoms with Crippen LogP contribution >= 0.6 is 0 Å². The largest absolute Gasteiger partial charge is 0.471 e. The molecule has 0 fully saturated rings. The second-order valence-electron chi connectivity index (χ2n) is 8.97. The Hall–Kier alpha value is -2.39. The van der Waals surface area contributed by atoms with Gasteiger partial charge in [-0.3, -0.25) is 0 Å². The number of nitrogens with one attached hydrogen (secondary N) is 1. The van der Waals surface area contributed by atoms with Gasteiger partial charge in [-0.1, -0.05) is 6.07 Å². The number of aryl methyl sites for hydroxylation is 3. The third-order valence-corrected chi connectivity index (χ3v) is 7.64. The third kappa shape index (κ3) is 3.30. The number of anilines is 1. The number of nitrogens with two attached hydrogens (primary N) is 1. The summed E-state index contributed by atoms with van der Waals surface area (Å²) >= 11 is 0. The van der Waals surface area contributed by atoms with Gasteiger partial charge < -0.3 is 10.1 Å². The van der Waals surface area contributed by atoms with Crippen LogP contribution in [-0.2, 0) is 42.1 Å². The first-order valence-corrected chi connectivity index (χ1v) is 12.1. The normalized spacial score (nSPS) is 20.5. The number of carbonyl (C=O) groups excluding carboxylic acids is 1. The standard InChI is InChI=1S/C21H27N5O3S/c1-21(2)9-10-26-19(29-21)17(12-23-26)30(22,28)25-20(27)24-18-15-7-3-5-13(15)11-14-6-4-8-16(14)18/h11-12H,3-10H2,1-2H3,(H3,22,24,25,27,28)/t30-/m0/s1. The van der Waals surface area contributed by atoms with E-state index in [-0.39, 0.29) is 4.90 Å². The summed E-state index contributed by atoms with van der Waals surface area (Å²) in [5, 5.41) is 13.2. The molecule has 0 saturated carbocycles. The van der Waals surface area contributed by atoms with Crippen molar-refractivity contribution < 1.29 is 13.7 Å². The lowest BCUT2D eigenvalue weighted by atomic mass is 9.99. The summed E-state index contributed by atoms with van der Waals surface area (Å²) in [7, 11) is -3.50. The van der Waals surface area contributed by atoms with Gasteiger partial charge in [-0.2, -0.15) is 5.10 Å². The molecule has 3 aliphatic rings. The Morgan fingerprint density at radius 3 is 2.57 bits per heavy atom. The van der Waals surface area contributed by atoms with Crippen LogP contribution in [0, 0.1) is 0 Å². The Balaban J connectivity index is 1.48.